The molecule has 3 unspecified atom stereocenters. The van der Waals surface area contributed by atoms with Crippen LogP contribution in [0.1, 0.15) is 70.7 Å². The standard InChI is InChI=1S/C30H40Cl2N4O2/c1-20(2)28(37)36-16-15-34(14-6-7-27(36)21-8-10-22(31)11-9-21)29(38)25-19-35(30(3,4)5)18-24(25)26-13-12-23(32)17-33-26/h8-13,17,20,24-25,27H,6-7,14-16,18-19H2,1-5H3. The number of hydrogen-bond acceptors (Lipinski definition) is 4. The van der Waals surface area contributed by atoms with Gasteiger partial charge in [-0.15, -0.1) is 0 Å². The van der Waals surface area contributed by atoms with Crippen molar-refractivity contribution in [3.63, 3.8) is 0 Å². The van der Waals surface area contributed by atoms with Crippen LogP contribution in [0.5, 0.6) is 0 Å². The van der Waals surface area contributed by atoms with E-state index in [4.69, 9.17) is 23.2 Å². The molecule has 2 amide bonds. The predicted molar refractivity (Wildman–Crippen MR) is 153 cm³/mol. The maximum absolute atomic E-state index is 14.1. The zero-order chi connectivity index (χ0) is 27.6. The van der Waals surface area contributed by atoms with E-state index in [0.29, 0.717) is 36.2 Å². The first kappa shape index (κ1) is 28.8. The smallest absolute Gasteiger partial charge is 0.227 e. The summed E-state index contributed by atoms with van der Waals surface area (Å²) in [6.45, 7) is 13.6. The first-order valence-electron chi connectivity index (χ1n) is 13.7. The van der Waals surface area contributed by atoms with Crippen LogP contribution in [-0.4, -0.2) is 69.8 Å². The molecular weight excluding hydrogens is 519 g/mol. The molecule has 0 radical (unpaired) electrons. The van der Waals surface area contributed by atoms with E-state index < -0.39 is 0 Å². The third kappa shape index (κ3) is 6.52. The van der Waals surface area contributed by atoms with Gasteiger partial charge in [0.15, 0.2) is 0 Å². The highest BCUT2D eigenvalue weighted by Gasteiger charge is 2.44. The minimum absolute atomic E-state index is 0.000327. The summed E-state index contributed by atoms with van der Waals surface area (Å²) in [4.78, 5) is 38.4. The van der Waals surface area contributed by atoms with E-state index in [9.17, 15) is 9.59 Å². The molecular formula is C30H40Cl2N4O2. The number of benzene rings is 1. The number of rotatable bonds is 4. The van der Waals surface area contributed by atoms with E-state index in [-0.39, 0.29) is 41.1 Å². The van der Waals surface area contributed by atoms with Crippen LogP contribution in [0.2, 0.25) is 10.0 Å². The van der Waals surface area contributed by atoms with Crippen LogP contribution in [0.25, 0.3) is 0 Å². The lowest BCUT2D eigenvalue weighted by atomic mass is 9.90. The number of likely N-dealkylation sites (tertiary alicyclic amines) is 1. The Hall–Kier alpha value is -2.15. The minimum Gasteiger partial charge on any atom is -0.341 e. The molecule has 2 aromatic rings. The van der Waals surface area contributed by atoms with Gasteiger partial charge in [0.1, 0.15) is 0 Å². The van der Waals surface area contributed by atoms with Crippen molar-refractivity contribution >= 4 is 35.0 Å². The van der Waals surface area contributed by atoms with Gasteiger partial charge in [0.05, 0.1) is 17.0 Å². The summed E-state index contributed by atoms with van der Waals surface area (Å²) >= 11 is 12.2. The maximum Gasteiger partial charge on any atom is 0.227 e. The summed E-state index contributed by atoms with van der Waals surface area (Å²) < 4.78 is 0. The number of aromatic nitrogens is 1. The first-order valence-corrected chi connectivity index (χ1v) is 14.4. The topological polar surface area (TPSA) is 56.8 Å². The molecule has 2 aliphatic heterocycles. The Morgan fingerprint density at radius 1 is 0.947 bits per heavy atom. The lowest BCUT2D eigenvalue weighted by Crippen LogP contribution is -2.48. The summed E-state index contributed by atoms with van der Waals surface area (Å²) in [5, 5.41) is 1.28. The van der Waals surface area contributed by atoms with E-state index in [0.717, 1.165) is 30.6 Å². The Bertz CT molecular complexity index is 1110. The molecule has 0 spiro atoms. The second-order valence-corrected chi connectivity index (χ2v) is 12.8. The molecule has 0 bridgehead atoms. The number of carbonyl (C=O) groups is 2. The molecule has 0 N–H and O–H groups in total. The quantitative estimate of drug-likeness (QED) is 0.458. The molecule has 6 nitrogen and oxygen atoms in total. The third-order valence-electron chi connectivity index (χ3n) is 7.95. The highest BCUT2D eigenvalue weighted by atomic mass is 35.5. The highest BCUT2D eigenvalue weighted by molar-refractivity contribution is 6.30. The van der Waals surface area contributed by atoms with Gasteiger partial charge in [-0.05, 0) is 63.4 Å². The number of nitrogens with zero attached hydrogens (tertiary/aromatic N) is 4. The number of amides is 2. The van der Waals surface area contributed by atoms with Crippen LogP contribution < -0.4 is 0 Å². The lowest BCUT2D eigenvalue weighted by molar-refractivity contribution is -0.142. The molecule has 3 atom stereocenters. The van der Waals surface area contributed by atoms with Crippen molar-refractivity contribution in [2.75, 3.05) is 32.7 Å². The fraction of sp³-hybridized carbons (Fsp3) is 0.567. The molecule has 1 aromatic heterocycles. The SMILES string of the molecule is CC(C)C(=O)N1CCN(C(=O)C2CN(C(C)(C)C)CC2c2ccc(Cl)cn2)CCCC1c1ccc(Cl)cc1. The van der Waals surface area contributed by atoms with Crippen molar-refractivity contribution in [2.24, 2.45) is 11.8 Å². The van der Waals surface area contributed by atoms with Gasteiger partial charge in [-0.1, -0.05) is 49.2 Å². The summed E-state index contributed by atoms with van der Waals surface area (Å²) in [5.41, 5.74) is 1.95. The molecule has 2 aliphatic rings. The summed E-state index contributed by atoms with van der Waals surface area (Å²) in [6.07, 6.45) is 3.28. The lowest BCUT2D eigenvalue weighted by Gasteiger charge is -2.39. The molecule has 0 saturated carbocycles. The zero-order valence-corrected chi connectivity index (χ0v) is 24.7. The fourth-order valence-electron chi connectivity index (χ4n) is 5.72. The summed E-state index contributed by atoms with van der Waals surface area (Å²) in [6, 6.07) is 11.6. The van der Waals surface area contributed by atoms with Gasteiger partial charge in [-0.25, -0.2) is 0 Å². The molecule has 1 aromatic carbocycles. The molecule has 0 aliphatic carbocycles. The Morgan fingerprint density at radius 2 is 1.63 bits per heavy atom. The second kappa shape index (κ2) is 11.9. The van der Waals surface area contributed by atoms with Crippen LogP contribution >= 0.6 is 23.2 Å². The molecule has 8 heteroatoms. The van der Waals surface area contributed by atoms with Gasteiger partial charge in [0.2, 0.25) is 11.8 Å². The van der Waals surface area contributed by atoms with Gasteiger partial charge in [0, 0.05) is 67.0 Å². The second-order valence-electron chi connectivity index (χ2n) is 11.9. The molecule has 3 heterocycles. The van der Waals surface area contributed by atoms with E-state index in [1.54, 1.807) is 6.20 Å². The number of halogens is 2. The minimum atomic E-state index is -0.191. The number of hydrogen-bond donors (Lipinski definition) is 0. The summed E-state index contributed by atoms with van der Waals surface area (Å²) in [5.74, 6) is -0.0464. The van der Waals surface area contributed by atoms with E-state index in [1.807, 2.05) is 60.0 Å². The largest absolute Gasteiger partial charge is 0.341 e. The monoisotopic (exact) mass is 558 g/mol. The van der Waals surface area contributed by atoms with Gasteiger partial charge in [0.25, 0.3) is 0 Å². The van der Waals surface area contributed by atoms with Crippen LogP contribution in [0.15, 0.2) is 42.6 Å². The van der Waals surface area contributed by atoms with Crippen molar-refractivity contribution in [3.05, 3.63) is 63.9 Å². The predicted octanol–water partition coefficient (Wildman–Crippen LogP) is 6.05. The van der Waals surface area contributed by atoms with Crippen molar-refractivity contribution in [1.29, 1.82) is 0 Å². The van der Waals surface area contributed by atoms with Gasteiger partial charge in [-0.2, -0.15) is 0 Å². The van der Waals surface area contributed by atoms with E-state index in [1.165, 1.54) is 0 Å². The fourth-order valence-corrected chi connectivity index (χ4v) is 5.96. The van der Waals surface area contributed by atoms with Gasteiger partial charge < -0.3 is 9.80 Å². The molecule has 2 fully saturated rings. The van der Waals surface area contributed by atoms with Gasteiger partial charge in [-0.3, -0.25) is 19.5 Å². The average Bonchev–Trinajstić information content (AvgIpc) is 3.31. The normalized spacial score (nSPS) is 23.4. The molecule has 38 heavy (non-hydrogen) atoms. The van der Waals surface area contributed by atoms with Crippen LogP contribution in [0, 0.1) is 11.8 Å². The Kier molecular flexibility index (Phi) is 9.06. The van der Waals surface area contributed by atoms with E-state index in [2.05, 4.69) is 30.7 Å². The summed E-state index contributed by atoms with van der Waals surface area (Å²) in [7, 11) is 0. The van der Waals surface area contributed by atoms with Crippen molar-refractivity contribution in [2.45, 2.75) is 65.0 Å². The molecule has 4 rings (SSSR count). The molecule has 206 valence electrons. The van der Waals surface area contributed by atoms with Crippen molar-refractivity contribution in [3.8, 4) is 0 Å². The number of pyridine rings is 1. The Morgan fingerprint density at radius 3 is 2.24 bits per heavy atom. The van der Waals surface area contributed by atoms with Gasteiger partial charge >= 0.3 is 0 Å². The maximum atomic E-state index is 14.1. The number of carbonyl (C=O) groups excluding carboxylic acids is 2. The average molecular weight is 560 g/mol. The third-order valence-corrected chi connectivity index (χ3v) is 8.43. The van der Waals surface area contributed by atoms with Crippen LogP contribution in [0.3, 0.4) is 0 Å². The van der Waals surface area contributed by atoms with Crippen LogP contribution in [0.4, 0.5) is 0 Å². The van der Waals surface area contributed by atoms with Crippen molar-refractivity contribution in [1.82, 2.24) is 19.7 Å². The Labute approximate surface area is 237 Å². The first-order chi connectivity index (χ1) is 18.0. The highest BCUT2D eigenvalue weighted by Crippen LogP contribution is 2.37. The van der Waals surface area contributed by atoms with Crippen molar-refractivity contribution < 1.29 is 9.59 Å². The zero-order valence-electron chi connectivity index (χ0n) is 23.2. The van der Waals surface area contributed by atoms with Crippen LogP contribution in [-0.2, 0) is 9.59 Å². The molecule has 2 saturated heterocycles. The Balaban J connectivity index is 1.56. The van der Waals surface area contributed by atoms with E-state index >= 15 is 0 Å².